The standard InChI is InChI=1S/C16H12FNO3/c1-9(21-17)15-12-7-11(10-5-3-2-4-6-10)14(19)8-13(12)18-16(15)20/h2-8,19H,1H3,(H,18,20)/b15-9+. The van der Waals surface area contributed by atoms with E-state index in [9.17, 15) is 14.4 Å². The van der Waals surface area contributed by atoms with E-state index in [4.69, 9.17) is 0 Å². The van der Waals surface area contributed by atoms with Crippen LogP contribution < -0.4 is 5.32 Å². The molecule has 106 valence electrons. The molecule has 4 nitrogen and oxygen atoms in total. The van der Waals surface area contributed by atoms with Gasteiger partial charge in [0, 0.05) is 21.7 Å². The molecule has 0 spiro atoms. The third kappa shape index (κ3) is 2.12. The zero-order chi connectivity index (χ0) is 15.0. The molecule has 0 fully saturated rings. The number of nitrogens with one attached hydrogen (secondary N) is 1. The molecule has 2 aromatic rings. The van der Waals surface area contributed by atoms with E-state index in [1.54, 1.807) is 6.07 Å². The Morgan fingerprint density at radius 3 is 2.57 bits per heavy atom. The number of carbonyl (C=O) groups is 1. The predicted molar refractivity (Wildman–Crippen MR) is 77.0 cm³/mol. The number of benzene rings is 2. The Balaban J connectivity index is 2.22. The normalized spacial score (nSPS) is 15.4. The fourth-order valence-corrected chi connectivity index (χ4v) is 2.44. The monoisotopic (exact) mass is 285 g/mol. The fraction of sp³-hybridized carbons (Fsp3) is 0.0625. The summed E-state index contributed by atoms with van der Waals surface area (Å²) in [7, 11) is 0. The lowest BCUT2D eigenvalue weighted by Gasteiger charge is -2.08. The first-order chi connectivity index (χ1) is 10.1. The van der Waals surface area contributed by atoms with Crippen molar-refractivity contribution in [1.82, 2.24) is 0 Å². The molecule has 0 bridgehead atoms. The van der Waals surface area contributed by atoms with E-state index in [0.29, 0.717) is 16.8 Å². The molecular formula is C16H12FNO3. The van der Waals surface area contributed by atoms with Gasteiger partial charge in [-0.05, 0) is 18.6 Å². The second kappa shape index (κ2) is 4.94. The van der Waals surface area contributed by atoms with E-state index in [1.807, 2.05) is 30.3 Å². The summed E-state index contributed by atoms with van der Waals surface area (Å²) in [6, 6.07) is 12.3. The van der Waals surface area contributed by atoms with Crippen LogP contribution in [0.15, 0.2) is 48.2 Å². The molecule has 0 saturated carbocycles. The van der Waals surface area contributed by atoms with Crippen LogP contribution in [0, 0.1) is 0 Å². The quantitative estimate of drug-likeness (QED) is 0.654. The zero-order valence-electron chi connectivity index (χ0n) is 11.2. The first-order valence-electron chi connectivity index (χ1n) is 6.35. The van der Waals surface area contributed by atoms with Crippen LogP contribution in [0.5, 0.6) is 5.75 Å². The molecule has 3 rings (SSSR count). The lowest BCUT2D eigenvalue weighted by molar-refractivity contribution is -0.112. The second-order valence-electron chi connectivity index (χ2n) is 4.74. The van der Waals surface area contributed by atoms with Crippen LogP contribution >= 0.6 is 0 Å². The summed E-state index contributed by atoms with van der Waals surface area (Å²) in [4.78, 5) is 15.6. The molecule has 0 aromatic heterocycles. The third-order valence-electron chi connectivity index (χ3n) is 3.43. The van der Waals surface area contributed by atoms with Crippen molar-refractivity contribution in [2.45, 2.75) is 6.92 Å². The average molecular weight is 285 g/mol. The molecule has 2 aromatic carbocycles. The topological polar surface area (TPSA) is 58.6 Å². The summed E-state index contributed by atoms with van der Waals surface area (Å²) in [5, 5.41) is 12.7. The van der Waals surface area contributed by atoms with E-state index in [-0.39, 0.29) is 17.1 Å². The molecule has 5 heteroatoms. The summed E-state index contributed by atoms with van der Waals surface area (Å²) in [5.74, 6) is -0.527. The van der Waals surface area contributed by atoms with Crippen LogP contribution in [0.1, 0.15) is 12.5 Å². The SMILES string of the molecule is C/C(OF)=C1\C(=O)Nc2cc(O)c(-c3ccccc3)cc21. The van der Waals surface area contributed by atoms with E-state index in [2.05, 4.69) is 10.3 Å². The second-order valence-corrected chi connectivity index (χ2v) is 4.74. The van der Waals surface area contributed by atoms with Gasteiger partial charge in [0.1, 0.15) is 5.75 Å². The van der Waals surface area contributed by atoms with Gasteiger partial charge in [-0.2, -0.15) is 0 Å². The third-order valence-corrected chi connectivity index (χ3v) is 3.43. The zero-order valence-corrected chi connectivity index (χ0v) is 11.2. The Morgan fingerprint density at radius 2 is 1.90 bits per heavy atom. The lowest BCUT2D eigenvalue weighted by Crippen LogP contribution is -2.05. The number of aromatic hydroxyl groups is 1. The van der Waals surface area contributed by atoms with Gasteiger partial charge < -0.3 is 10.4 Å². The maximum Gasteiger partial charge on any atom is 0.259 e. The van der Waals surface area contributed by atoms with E-state index in [0.717, 1.165) is 5.56 Å². The van der Waals surface area contributed by atoms with Crippen molar-refractivity contribution >= 4 is 17.2 Å². The number of fused-ring (bicyclic) bond motifs is 1. The summed E-state index contributed by atoms with van der Waals surface area (Å²) in [6.07, 6.45) is 0. The molecule has 0 aliphatic carbocycles. The molecule has 1 amide bonds. The smallest absolute Gasteiger partial charge is 0.259 e. The van der Waals surface area contributed by atoms with Crippen molar-refractivity contribution < 1.29 is 19.4 Å². The van der Waals surface area contributed by atoms with Crippen LogP contribution in [-0.2, 0) is 9.74 Å². The van der Waals surface area contributed by atoms with E-state index < -0.39 is 5.91 Å². The molecule has 0 saturated heterocycles. The Bertz CT molecular complexity index is 754. The number of hydrogen-bond acceptors (Lipinski definition) is 3. The van der Waals surface area contributed by atoms with Gasteiger partial charge >= 0.3 is 0 Å². The van der Waals surface area contributed by atoms with Crippen molar-refractivity contribution in [3.63, 3.8) is 0 Å². The van der Waals surface area contributed by atoms with Crippen molar-refractivity contribution in [3.8, 4) is 16.9 Å². The minimum atomic E-state index is -0.454. The largest absolute Gasteiger partial charge is 0.507 e. The van der Waals surface area contributed by atoms with Gasteiger partial charge in [-0.15, -0.1) is 0 Å². The Hall–Kier alpha value is -2.82. The highest BCUT2D eigenvalue weighted by Crippen LogP contribution is 2.41. The Labute approximate surface area is 120 Å². The molecule has 0 atom stereocenters. The van der Waals surface area contributed by atoms with Crippen molar-refractivity contribution in [2.75, 3.05) is 5.32 Å². The van der Waals surface area contributed by atoms with Gasteiger partial charge in [0.15, 0.2) is 5.76 Å². The van der Waals surface area contributed by atoms with Crippen molar-refractivity contribution in [3.05, 3.63) is 53.8 Å². The molecular weight excluding hydrogens is 273 g/mol. The summed E-state index contributed by atoms with van der Waals surface area (Å²) in [5.41, 5.74) is 2.44. The van der Waals surface area contributed by atoms with Crippen LogP contribution in [0.2, 0.25) is 0 Å². The summed E-state index contributed by atoms with van der Waals surface area (Å²) < 4.78 is 12.4. The highest BCUT2D eigenvalue weighted by atomic mass is 19.3. The molecule has 2 N–H and O–H groups in total. The summed E-state index contributed by atoms with van der Waals surface area (Å²) >= 11 is 0. The number of allylic oxidation sites excluding steroid dienone is 1. The highest BCUT2D eigenvalue weighted by molar-refractivity contribution is 6.32. The number of phenols is 1. The highest BCUT2D eigenvalue weighted by Gasteiger charge is 2.29. The van der Waals surface area contributed by atoms with Crippen LogP contribution in [0.3, 0.4) is 0 Å². The van der Waals surface area contributed by atoms with Gasteiger partial charge in [-0.25, -0.2) is 0 Å². The molecule has 1 aliphatic heterocycles. The van der Waals surface area contributed by atoms with E-state index >= 15 is 0 Å². The molecule has 1 aliphatic rings. The van der Waals surface area contributed by atoms with Gasteiger partial charge in [0.05, 0.1) is 11.3 Å². The lowest BCUT2D eigenvalue weighted by atomic mass is 9.98. The summed E-state index contributed by atoms with van der Waals surface area (Å²) in [6.45, 7) is 1.37. The van der Waals surface area contributed by atoms with Crippen LogP contribution in [0.4, 0.5) is 10.2 Å². The number of halogens is 1. The molecule has 0 unspecified atom stereocenters. The van der Waals surface area contributed by atoms with Gasteiger partial charge in [-0.3, -0.25) is 9.74 Å². The number of rotatable bonds is 2. The molecule has 21 heavy (non-hydrogen) atoms. The van der Waals surface area contributed by atoms with Gasteiger partial charge in [-0.1, -0.05) is 30.3 Å². The predicted octanol–water partition coefficient (Wildman–Crippen LogP) is 3.64. The average Bonchev–Trinajstić information content (AvgIpc) is 2.81. The number of carbonyl (C=O) groups excluding carboxylic acids is 1. The Kier molecular flexibility index (Phi) is 3.10. The molecule has 1 heterocycles. The fourth-order valence-electron chi connectivity index (χ4n) is 2.44. The molecule has 0 radical (unpaired) electrons. The van der Waals surface area contributed by atoms with Gasteiger partial charge in [0.25, 0.3) is 5.91 Å². The number of phenolic OH excluding ortho intramolecular Hbond substituents is 1. The van der Waals surface area contributed by atoms with Gasteiger partial charge in [0.2, 0.25) is 0 Å². The van der Waals surface area contributed by atoms with Crippen molar-refractivity contribution in [2.24, 2.45) is 0 Å². The van der Waals surface area contributed by atoms with Crippen LogP contribution in [0.25, 0.3) is 16.7 Å². The van der Waals surface area contributed by atoms with Crippen molar-refractivity contribution in [1.29, 1.82) is 0 Å². The minimum absolute atomic E-state index is 0.0420. The first-order valence-corrected chi connectivity index (χ1v) is 6.35. The number of anilines is 1. The van der Waals surface area contributed by atoms with E-state index in [1.165, 1.54) is 13.0 Å². The number of amides is 1. The minimum Gasteiger partial charge on any atom is -0.507 e. The number of hydrogen-bond donors (Lipinski definition) is 2. The van der Waals surface area contributed by atoms with Crippen LogP contribution in [-0.4, -0.2) is 11.0 Å². The maximum atomic E-state index is 12.4. The first kappa shape index (κ1) is 13.2. The maximum absolute atomic E-state index is 12.4. The Morgan fingerprint density at radius 1 is 1.19 bits per heavy atom.